The second-order valence-electron chi connectivity index (χ2n) is 3.20. The molecular weight excluding hydrogens is 235 g/mol. The molecule has 1 amide bonds. The molecule has 0 spiro atoms. The van der Waals surface area contributed by atoms with Crippen molar-refractivity contribution in [1.82, 2.24) is 5.32 Å². The number of carbonyl (C=O) groups is 1. The maximum atomic E-state index is 11.2. The van der Waals surface area contributed by atoms with Gasteiger partial charge in [0.2, 0.25) is 5.91 Å². The van der Waals surface area contributed by atoms with Crippen molar-refractivity contribution in [3.63, 3.8) is 0 Å². The SMILES string of the molecule is CNC(=O)[C@@H](N)Cc1cc(Cl)cc(Cl)c1. The fourth-order valence-corrected chi connectivity index (χ4v) is 1.83. The summed E-state index contributed by atoms with van der Waals surface area (Å²) in [4.78, 5) is 11.2. The highest BCUT2D eigenvalue weighted by Gasteiger charge is 2.12. The van der Waals surface area contributed by atoms with E-state index in [1.807, 2.05) is 0 Å². The second-order valence-corrected chi connectivity index (χ2v) is 4.08. The van der Waals surface area contributed by atoms with Gasteiger partial charge in [-0.25, -0.2) is 0 Å². The van der Waals surface area contributed by atoms with Crippen molar-refractivity contribution in [3.8, 4) is 0 Å². The quantitative estimate of drug-likeness (QED) is 0.852. The summed E-state index contributed by atoms with van der Waals surface area (Å²) in [6, 6.07) is 4.55. The molecule has 15 heavy (non-hydrogen) atoms. The number of carbonyl (C=O) groups excluding carboxylic acids is 1. The predicted molar refractivity (Wildman–Crippen MR) is 62.2 cm³/mol. The molecular formula is C10H12Cl2N2O. The summed E-state index contributed by atoms with van der Waals surface area (Å²) in [5.41, 5.74) is 6.51. The van der Waals surface area contributed by atoms with Crippen molar-refractivity contribution in [2.24, 2.45) is 5.73 Å². The lowest BCUT2D eigenvalue weighted by Gasteiger charge is -2.10. The van der Waals surface area contributed by atoms with E-state index in [2.05, 4.69) is 5.32 Å². The predicted octanol–water partition coefficient (Wildman–Crippen LogP) is 1.61. The van der Waals surface area contributed by atoms with E-state index in [4.69, 9.17) is 28.9 Å². The van der Waals surface area contributed by atoms with E-state index in [0.717, 1.165) is 5.56 Å². The summed E-state index contributed by atoms with van der Waals surface area (Å²) < 4.78 is 0. The van der Waals surface area contributed by atoms with Gasteiger partial charge < -0.3 is 11.1 Å². The Labute approximate surface area is 98.5 Å². The van der Waals surface area contributed by atoms with Crippen LogP contribution in [0.3, 0.4) is 0 Å². The number of hydrogen-bond acceptors (Lipinski definition) is 2. The van der Waals surface area contributed by atoms with Crippen LogP contribution in [-0.2, 0) is 11.2 Å². The van der Waals surface area contributed by atoms with E-state index in [0.29, 0.717) is 16.5 Å². The first-order valence-corrected chi connectivity index (χ1v) is 5.20. The van der Waals surface area contributed by atoms with E-state index in [-0.39, 0.29) is 5.91 Å². The maximum absolute atomic E-state index is 11.2. The van der Waals surface area contributed by atoms with Crippen LogP contribution in [0.4, 0.5) is 0 Å². The molecule has 0 bridgehead atoms. The highest BCUT2D eigenvalue weighted by molar-refractivity contribution is 6.34. The van der Waals surface area contributed by atoms with Crippen molar-refractivity contribution >= 4 is 29.1 Å². The van der Waals surface area contributed by atoms with Crippen LogP contribution in [0.5, 0.6) is 0 Å². The topological polar surface area (TPSA) is 55.1 Å². The first kappa shape index (κ1) is 12.3. The largest absolute Gasteiger partial charge is 0.358 e. The Morgan fingerprint density at radius 1 is 1.40 bits per heavy atom. The molecule has 0 fully saturated rings. The molecule has 82 valence electrons. The van der Waals surface area contributed by atoms with E-state index >= 15 is 0 Å². The van der Waals surface area contributed by atoms with Gasteiger partial charge in [-0.2, -0.15) is 0 Å². The first-order valence-electron chi connectivity index (χ1n) is 4.45. The normalized spacial score (nSPS) is 12.3. The van der Waals surface area contributed by atoms with Crippen LogP contribution >= 0.6 is 23.2 Å². The summed E-state index contributed by atoms with van der Waals surface area (Å²) in [5, 5.41) is 3.57. The highest BCUT2D eigenvalue weighted by atomic mass is 35.5. The van der Waals surface area contributed by atoms with Crippen molar-refractivity contribution in [1.29, 1.82) is 0 Å². The van der Waals surface area contributed by atoms with E-state index in [9.17, 15) is 4.79 Å². The summed E-state index contributed by atoms with van der Waals surface area (Å²) in [6.45, 7) is 0. The summed E-state index contributed by atoms with van der Waals surface area (Å²) >= 11 is 11.6. The van der Waals surface area contributed by atoms with Gasteiger partial charge in [-0.3, -0.25) is 4.79 Å². The molecule has 0 radical (unpaired) electrons. The Balaban J connectivity index is 2.76. The second kappa shape index (κ2) is 5.35. The fraction of sp³-hybridized carbons (Fsp3) is 0.300. The van der Waals surface area contributed by atoms with Gasteiger partial charge in [0.15, 0.2) is 0 Å². The van der Waals surface area contributed by atoms with Gasteiger partial charge in [0.05, 0.1) is 6.04 Å². The van der Waals surface area contributed by atoms with Gasteiger partial charge in [0.1, 0.15) is 0 Å². The Morgan fingerprint density at radius 3 is 2.40 bits per heavy atom. The smallest absolute Gasteiger partial charge is 0.237 e. The van der Waals surface area contributed by atoms with Gasteiger partial charge >= 0.3 is 0 Å². The zero-order chi connectivity index (χ0) is 11.4. The maximum Gasteiger partial charge on any atom is 0.237 e. The van der Waals surface area contributed by atoms with E-state index in [1.165, 1.54) is 0 Å². The summed E-state index contributed by atoms with van der Waals surface area (Å²) in [6.07, 6.45) is 0.417. The summed E-state index contributed by atoms with van der Waals surface area (Å²) in [5.74, 6) is -0.203. The number of hydrogen-bond donors (Lipinski definition) is 2. The number of amides is 1. The number of benzene rings is 1. The van der Waals surface area contributed by atoms with E-state index < -0.39 is 6.04 Å². The monoisotopic (exact) mass is 246 g/mol. The molecule has 1 atom stereocenters. The molecule has 1 rings (SSSR count). The lowest BCUT2D eigenvalue weighted by molar-refractivity contribution is -0.121. The van der Waals surface area contributed by atoms with Crippen molar-refractivity contribution < 1.29 is 4.79 Å². The van der Waals surface area contributed by atoms with Crippen molar-refractivity contribution in [2.45, 2.75) is 12.5 Å². The molecule has 0 aliphatic rings. The van der Waals surface area contributed by atoms with Gasteiger partial charge in [-0.15, -0.1) is 0 Å². The Morgan fingerprint density at radius 2 is 1.93 bits per heavy atom. The number of rotatable bonds is 3. The minimum absolute atomic E-state index is 0.203. The lowest BCUT2D eigenvalue weighted by atomic mass is 10.1. The number of nitrogens with one attached hydrogen (secondary N) is 1. The molecule has 5 heteroatoms. The molecule has 0 aromatic heterocycles. The van der Waals surface area contributed by atoms with Crippen LogP contribution in [0.25, 0.3) is 0 Å². The molecule has 0 saturated heterocycles. The van der Waals surface area contributed by atoms with Crippen molar-refractivity contribution in [2.75, 3.05) is 7.05 Å². The standard InChI is InChI=1S/C10H12Cl2N2O/c1-14-10(15)9(13)4-6-2-7(11)5-8(12)3-6/h2-3,5,9H,4,13H2,1H3,(H,14,15)/t9-/m0/s1. The molecule has 1 aromatic carbocycles. The molecule has 0 saturated carbocycles. The van der Waals surface area contributed by atoms with Crippen LogP contribution in [0.1, 0.15) is 5.56 Å². The first-order chi connectivity index (χ1) is 7.02. The highest BCUT2D eigenvalue weighted by Crippen LogP contribution is 2.19. The Hall–Kier alpha value is -0.770. The number of nitrogens with two attached hydrogens (primary N) is 1. The van der Waals surface area contributed by atoms with Crippen LogP contribution < -0.4 is 11.1 Å². The fourth-order valence-electron chi connectivity index (χ4n) is 1.26. The molecule has 3 nitrogen and oxygen atoms in total. The molecule has 0 heterocycles. The molecule has 0 aliphatic heterocycles. The average molecular weight is 247 g/mol. The van der Waals surface area contributed by atoms with Gasteiger partial charge in [0, 0.05) is 17.1 Å². The van der Waals surface area contributed by atoms with Crippen LogP contribution in [0, 0.1) is 0 Å². The third kappa shape index (κ3) is 3.70. The Bertz CT molecular complexity index is 348. The molecule has 1 aromatic rings. The van der Waals surface area contributed by atoms with Crippen LogP contribution in [0.15, 0.2) is 18.2 Å². The van der Waals surface area contributed by atoms with Crippen LogP contribution in [0.2, 0.25) is 10.0 Å². The third-order valence-electron chi connectivity index (χ3n) is 1.96. The van der Waals surface area contributed by atoms with Gasteiger partial charge in [0.25, 0.3) is 0 Å². The number of likely N-dealkylation sites (N-methyl/N-ethyl adjacent to an activating group) is 1. The molecule has 0 aliphatic carbocycles. The minimum Gasteiger partial charge on any atom is -0.358 e. The van der Waals surface area contributed by atoms with Crippen molar-refractivity contribution in [3.05, 3.63) is 33.8 Å². The number of halogens is 2. The molecule has 0 unspecified atom stereocenters. The van der Waals surface area contributed by atoms with Gasteiger partial charge in [-0.05, 0) is 30.2 Å². The van der Waals surface area contributed by atoms with Gasteiger partial charge in [-0.1, -0.05) is 23.2 Å². The Kier molecular flexibility index (Phi) is 4.39. The molecule has 3 N–H and O–H groups in total. The van der Waals surface area contributed by atoms with Crippen LogP contribution in [-0.4, -0.2) is 19.0 Å². The third-order valence-corrected chi connectivity index (χ3v) is 2.40. The zero-order valence-electron chi connectivity index (χ0n) is 8.26. The summed E-state index contributed by atoms with van der Waals surface area (Å²) in [7, 11) is 1.55. The minimum atomic E-state index is -0.579. The van der Waals surface area contributed by atoms with E-state index in [1.54, 1.807) is 25.2 Å². The average Bonchev–Trinajstić information content (AvgIpc) is 2.14. The lowest BCUT2D eigenvalue weighted by Crippen LogP contribution is -2.40. The zero-order valence-corrected chi connectivity index (χ0v) is 9.77.